The normalized spacial score (nSPS) is 14.4. The van der Waals surface area contributed by atoms with Crippen molar-refractivity contribution in [2.45, 2.75) is 0 Å². The SMILES string of the molecule is [2H]c1c([2H])c([2H])c(-c2c([2H])c([2H])c([2H])c([2H])c2-c2c3ccccc3c(-c3ccc4c(c3)oc3cc(-c5ccccc5)ccc34)c3ccccc23)c([2H])c1[2H]. The van der Waals surface area contributed by atoms with E-state index >= 15 is 0 Å². The molecule has 9 aromatic rings. The summed E-state index contributed by atoms with van der Waals surface area (Å²) in [6, 6.07) is 32.9. The summed E-state index contributed by atoms with van der Waals surface area (Å²) in [5.74, 6) is 0. The Morgan fingerprint density at radius 3 is 1.51 bits per heavy atom. The standard InChI is InChI=1S/C44H28O/c1-3-13-29(14-4-1)31-23-25-34-35-26-24-32(28-42(35)45-41(34)27-31)43-37-19-9-11-21-39(37)44(40-22-12-10-20-38(40)43)36-18-8-7-17-33(36)30-15-5-2-6-16-30/h1-28H/i2D,5D,6D,7D,8D,15D,16D,17D,18D. The van der Waals surface area contributed by atoms with Crippen molar-refractivity contribution in [3.05, 3.63) is 170 Å². The van der Waals surface area contributed by atoms with E-state index in [2.05, 4.69) is 42.5 Å². The third kappa shape index (κ3) is 4.17. The molecule has 0 aliphatic heterocycles. The summed E-state index contributed by atoms with van der Waals surface area (Å²) in [5.41, 5.74) is 5.49. The van der Waals surface area contributed by atoms with Gasteiger partial charge in [0, 0.05) is 10.8 Å². The number of hydrogen-bond donors (Lipinski definition) is 0. The van der Waals surface area contributed by atoms with E-state index in [0.29, 0.717) is 21.9 Å². The molecule has 0 radical (unpaired) electrons. The van der Waals surface area contributed by atoms with E-state index in [9.17, 15) is 1.37 Å². The van der Waals surface area contributed by atoms with Crippen molar-refractivity contribution in [2.75, 3.05) is 0 Å². The van der Waals surface area contributed by atoms with Gasteiger partial charge in [-0.25, -0.2) is 0 Å². The number of furan rings is 1. The Labute approximate surface area is 274 Å². The lowest BCUT2D eigenvalue weighted by Crippen LogP contribution is -1.92. The number of rotatable bonds is 4. The van der Waals surface area contributed by atoms with Crippen LogP contribution in [-0.4, -0.2) is 0 Å². The predicted molar refractivity (Wildman–Crippen MR) is 190 cm³/mol. The second kappa shape index (κ2) is 10.4. The summed E-state index contributed by atoms with van der Waals surface area (Å²) in [5, 5.41) is 4.91. The van der Waals surface area contributed by atoms with Crippen molar-refractivity contribution in [1.82, 2.24) is 0 Å². The first-order chi connectivity index (χ1) is 26.1. The minimum absolute atomic E-state index is 0.0560. The van der Waals surface area contributed by atoms with Gasteiger partial charge in [0.1, 0.15) is 11.2 Å². The van der Waals surface area contributed by atoms with Crippen LogP contribution in [0.25, 0.3) is 88.0 Å². The van der Waals surface area contributed by atoms with Crippen LogP contribution in [0.15, 0.2) is 174 Å². The minimum atomic E-state index is -0.591. The van der Waals surface area contributed by atoms with Crippen LogP contribution < -0.4 is 0 Å². The molecule has 45 heavy (non-hydrogen) atoms. The molecule has 0 amide bonds. The van der Waals surface area contributed by atoms with Crippen LogP contribution >= 0.6 is 0 Å². The zero-order chi connectivity index (χ0) is 37.6. The highest BCUT2D eigenvalue weighted by molar-refractivity contribution is 6.23. The average Bonchev–Trinajstić information content (AvgIpc) is 3.57. The molecule has 0 spiro atoms. The van der Waals surface area contributed by atoms with Crippen molar-refractivity contribution in [3.63, 3.8) is 0 Å². The molecule has 0 N–H and O–H groups in total. The Bertz CT molecular complexity index is 2960. The molecule has 8 aromatic carbocycles. The largest absolute Gasteiger partial charge is 0.456 e. The average molecular weight is 582 g/mol. The molecule has 0 aliphatic rings. The summed E-state index contributed by atoms with van der Waals surface area (Å²) < 4.78 is 84.8. The molecular weight excluding hydrogens is 544 g/mol. The summed E-state index contributed by atoms with van der Waals surface area (Å²) in [6.45, 7) is 0. The molecule has 210 valence electrons. The van der Waals surface area contributed by atoms with Crippen molar-refractivity contribution >= 4 is 43.5 Å². The summed E-state index contributed by atoms with van der Waals surface area (Å²) in [7, 11) is 0. The third-order valence-electron chi connectivity index (χ3n) is 8.49. The molecule has 0 aliphatic carbocycles. The van der Waals surface area contributed by atoms with Crippen molar-refractivity contribution in [2.24, 2.45) is 0 Å². The van der Waals surface area contributed by atoms with Gasteiger partial charge in [-0.2, -0.15) is 0 Å². The van der Waals surface area contributed by atoms with E-state index in [1.807, 2.05) is 72.8 Å². The molecular formula is C44H28O. The second-order valence-corrected chi connectivity index (χ2v) is 11.0. The van der Waals surface area contributed by atoms with Gasteiger partial charge in [0.05, 0.1) is 12.3 Å². The second-order valence-electron chi connectivity index (χ2n) is 11.0. The van der Waals surface area contributed by atoms with Gasteiger partial charge in [-0.05, 0) is 90.3 Å². The molecule has 1 heterocycles. The van der Waals surface area contributed by atoms with Crippen LogP contribution in [0.5, 0.6) is 0 Å². The van der Waals surface area contributed by atoms with Gasteiger partial charge in [0.15, 0.2) is 0 Å². The predicted octanol–water partition coefficient (Wildman–Crippen LogP) is 12.6. The Balaban J connectivity index is 1.35. The fraction of sp³-hybridized carbons (Fsp3) is 0. The van der Waals surface area contributed by atoms with Crippen molar-refractivity contribution in [1.29, 1.82) is 0 Å². The summed E-state index contributed by atoms with van der Waals surface area (Å²) in [4.78, 5) is 0. The summed E-state index contributed by atoms with van der Waals surface area (Å²) in [6.07, 6.45) is 0. The lowest BCUT2D eigenvalue weighted by atomic mass is 9.84. The van der Waals surface area contributed by atoms with Crippen LogP contribution in [0.2, 0.25) is 0 Å². The van der Waals surface area contributed by atoms with E-state index in [1.54, 1.807) is 0 Å². The number of hydrogen-bond acceptors (Lipinski definition) is 1. The molecule has 1 aromatic heterocycles. The molecule has 9 rings (SSSR count). The van der Waals surface area contributed by atoms with Crippen molar-refractivity contribution in [3.8, 4) is 44.5 Å². The van der Waals surface area contributed by atoms with Gasteiger partial charge in [0.2, 0.25) is 0 Å². The molecule has 1 heteroatoms. The van der Waals surface area contributed by atoms with Gasteiger partial charge in [-0.3, -0.25) is 0 Å². The van der Waals surface area contributed by atoms with Crippen LogP contribution in [0.1, 0.15) is 12.3 Å². The fourth-order valence-corrected chi connectivity index (χ4v) is 6.51. The highest BCUT2D eigenvalue weighted by Crippen LogP contribution is 2.46. The van der Waals surface area contributed by atoms with E-state index in [0.717, 1.165) is 49.4 Å². The first kappa shape index (κ1) is 18.0. The van der Waals surface area contributed by atoms with E-state index < -0.39 is 48.3 Å². The lowest BCUT2D eigenvalue weighted by Gasteiger charge is -2.19. The monoisotopic (exact) mass is 581 g/mol. The Morgan fingerprint density at radius 2 is 0.867 bits per heavy atom. The molecule has 0 saturated heterocycles. The minimum Gasteiger partial charge on any atom is -0.456 e. The zero-order valence-corrected chi connectivity index (χ0v) is 23.9. The fourth-order valence-electron chi connectivity index (χ4n) is 6.51. The quantitative estimate of drug-likeness (QED) is 0.188. The first-order valence-electron chi connectivity index (χ1n) is 19.2. The molecule has 0 unspecified atom stereocenters. The van der Waals surface area contributed by atoms with Gasteiger partial charge >= 0.3 is 0 Å². The zero-order valence-electron chi connectivity index (χ0n) is 32.9. The highest BCUT2D eigenvalue weighted by atomic mass is 16.3. The maximum Gasteiger partial charge on any atom is 0.136 e. The smallest absolute Gasteiger partial charge is 0.136 e. The number of benzene rings is 8. The van der Waals surface area contributed by atoms with E-state index in [4.69, 9.17) is 15.4 Å². The van der Waals surface area contributed by atoms with Gasteiger partial charge in [0.25, 0.3) is 0 Å². The van der Waals surface area contributed by atoms with Gasteiger partial charge in [-0.15, -0.1) is 0 Å². The Kier molecular flexibility index (Phi) is 4.15. The van der Waals surface area contributed by atoms with E-state index in [1.165, 1.54) is 0 Å². The Morgan fingerprint density at radius 1 is 0.356 bits per heavy atom. The third-order valence-corrected chi connectivity index (χ3v) is 8.49. The van der Waals surface area contributed by atoms with Gasteiger partial charge in [-0.1, -0.05) is 145 Å². The maximum atomic E-state index is 9.28. The first-order valence-corrected chi connectivity index (χ1v) is 14.7. The van der Waals surface area contributed by atoms with Gasteiger partial charge < -0.3 is 4.42 Å². The molecule has 0 bridgehead atoms. The topological polar surface area (TPSA) is 13.1 Å². The van der Waals surface area contributed by atoms with Crippen molar-refractivity contribution < 1.29 is 16.8 Å². The van der Waals surface area contributed by atoms with Crippen LogP contribution in [0, 0.1) is 0 Å². The van der Waals surface area contributed by atoms with Crippen LogP contribution in [-0.2, 0) is 0 Å². The number of fused-ring (bicyclic) bond motifs is 5. The molecule has 1 nitrogen and oxygen atoms in total. The van der Waals surface area contributed by atoms with Crippen LogP contribution in [0.4, 0.5) is 0 Å². The molecule has 0 atom stereocenters. The summed E-state index contributed by atoms with van der Waals surface area (Å²) >= 11 is 0. The molecule has 0 fully saturated rings. The van der Waals surface area contributed by atoms with Crippen LogP contribution in [0.3, 0.4) is 0 Å². The highest BCUT2D eigenvalue weighted by Gasteiger charge is 2.19. The maximum absolute atomic E-state index is 9.28. The van der Waals surface area contributed by atoms with E-state index in [-0.39, 0.29) is 22.7 Å². The Hall–Kier alpha value is -5.92. The lowest BCUT2D eigenvalue weighted by molar-refractivity contribution is 0.669. The molecule has 0 saturated carbocycles.